The molecule has 0 amide bonds. The van der Waals surface area contributed by atoms with Crippen molar-refractivity contribution in [1.29, 1.82) is 0 Å². The van der Waals surface area contributed by atoms with Gasteiger partial charge in [0.1, 0.15) is 5.82 Å². The van der Waals surface area contributed by atoms with Gasteiger partial charge in [0.25, 0.3) is 0 Å². The molecule has 0 spiro atoms. The quantitative estimate of drug-likeness (QED) is 0.478. The van der Waals surface area contributed by atoms with Gasteiger partial charge in [-0.2, -0.15) is 5.10 Å². The summed E-state index contributed by atoms with van der Waals surface area (Å²) >= 11 is 0. The first kappa shape index (κ1) is 11.0. The van der Waals surface area contributed by atoms with Gasteiger partial charge in [0, 0.05) is 12.6 Å². The van der Waals surface area contributed by atoms with Crippen molar-refractivity contribution in [1.82, 2.24) is 15.2 Å². The first-order valence-electron chi connectivity index (χ1n) is 4.61. The van der Waals surface area contributed by atoms with E-state index < -0.39 is 0 Å². The van der Waals surface area contributed by atoms with Crippen molar-refractivity contribution < 1.29 is 0 Å². The molecule has 0 saturated heterocycles. The number of hydrazine groups is 1. The van der Waals surface area contributed by atoms with Gasteiger partial charge in [-0.15, -0.1) is 0 Å². The maximum absolute atomic E-state index is 5.88. The lowest BCUT2D eigenvalue weighted by Crippen LogP contribution is -2.37. The van der Waals surface area contributed by atoms with Crippen molar-refractivity contribution in [3.63, 3.8) is 0 Å². The number of hydrogen-bond donors (Lipinski definition) is 3. The Kier molecular flexibility index (Phi) is 2.82. The second-order valence-electron chi connectivity index (χ2n) is 4.57. The summed E-state index contributed by atoms with van der Waals surface area (Å²) in [5.41, 5.74) is 9.61. The van der Waals surface area contributed by atoms with Gasteiger partial charge >= 0.3 is 0 Å². The van der Waals surface area contributed by atoms with E-state index in [-0.39, 0.29) is 11.5 Å². The van der Waals surface area contributed by atoms with Gasteiger partial charge in [0.15, 0.2) is 0 Å². The Hall–Kier alpha value is -1.07. The van der Waals surface area contributed by atoms with Crippen LogP contribution >= 0.6 is 0 Å². The van der Waals surface area contributed by atoms with E-state index in [9.17, 15) is 0 Å². The number of nitrogens with zero attached hydrogens (tertiary/aromatic N) is 2. The highest BCUT2D eigenvalue weighted by atomic mass is 15.3. The number of aromatic nitrogens is 2. The largest absolute Gasteiger partial charge is 0.384 e. The molecule has 0 fully saturated rings. The second kappa shape index (κ2) is 3.59. The minimum atomic E-state index is 0.00586. The Morgan fingerprint density at radius 3 is 2.36 bits per heavy atom. The highest BCUT2D eigenvalue weighted by Crippen LogP contribution is 2.34. The van der Waals surface area contributed by atoms with Crippen LogP contribution in [0.2, 0.25) is 0 Å². The van der Waals surface area contributed by atoms with Gasteiger partial charge in [0.2, 0.25) is 0 Å². The molecule has 1 atom stereocenters. The average Bonchev–Trinajstić information content (AvgIpc) is 2.35. The molecule has 1 aromatic rings. The molecule has 0 aliphatic heterocycles. The van der Waals surface area contributed by atoms with Gasteiger partial charge in [0.05, 0.1) is 12.2 Å². The monoisotopic (exact) mass is 197 g/mol. The fourth-order valence-electron chi connectivity index (χ4n) is 1.49. The molecule has 5 nitrogen and oxygen atoms in total. The minimum absolute atomic E-state index is 0.00586. The number of nitrogen functional groups attached to an aromatic ring is 1. The van der Waals surface area contributed by atoms with Gasteiger partial charge < -0.3 is 5.73 Å². The number of rotatable bonds is 2. The van der Waals surface area contributed by atoms with Crippen LogP contribution in [0.15, 0.2) is 6.20 Å². The number of nitrogens with one attached hydrogen (secondary N) is 1. The zero-order valence-corrected chi connectivity index (χ0v) is 9.20. The third-order valence-corrected chi connectivity index (χ3v) is 2.36. The van der Waals surface area contributed by atoms with Gasteiger partial charge in [-0.3, -0.25) is 16.0 Å². The van der Waals surface area contributed by atoms with Crippen molar-refractivity contribution >= 4 is 5.82 Å². The zero-order chi connectivity index (χ0) is 10.9. The molecule has 0 aromatic carbocycles. The summed E-state index contributed by atoms with van der Waals surface area (Å²) in [6.45, 7) is 6.30. The molecule has 0 aliphatic rings. The van der Waals surface area contributed by atoms with Crippen LogP contribution < -0.4 is 17.0 Å². The summed E-state index contributed by atoms with van der Waals surface area (Å²) < 4.78 is 1.64. The molecule has 80 valence electrons. The Morgan fingerprint density at radius 1 is 1.50 bits per heavy atom. The third kappa shape index (κ3) is 1.88. The van der Waals surface area contributed by atoms with Gasteiger partial charge in [-0.1, -0.05) is 20.8 Å². The van der Waals surface area contributed by atoms with E-state index in [4.69, 9.17) is 11.6 Å². The van der Waals surface area contributed by atoms with Crippen molar-refractivity contribution in [2.75, 3.05) is 5.73 Å². The molecule has 1 unspecified atom stereocenters. The highest BCUT2D eigenvalue weighted by Gasteiger charge is 2.28. The Morgan fingerprint density at radius 2 is 2.07 bits per heavy atom. The highest BCUT2D eigenvalue weighted by molar-refractivity contribution is 5.41. The molecule has 5 heteroatoms. The van der Waals surface area contributed by atoms with Gasteiger partial charge in [-0.05, 0) is 5.41 Å². The van der Waals surface area contributed by atoms with Crippen molar-refractivity contribution in [3.8, 4) is 0 Å². The molecule has 1 heterocycles. The van der Waals surface area contributed by atoms with Crippen molar-refractivity contribution in [2.45, 2.75) is 26.8 Å². The summed E-state index contributed by atoms with van der Waals surface area (Å²) in [7, 11) is 1.81. The van der Waals surface area contributed by atoms with Crippen LogP contribution in [0.4, 0.5) is 5.82 Å². The van der Waals surface area contributed by atoms with E-state index in [0.29, 0.717) is 5.82 Å². The summed E-state index contributed by atoms with van der Waals surface area (Å²) in [6.07, 6.45) is 1.76. The average molecular weight is 197 g/mol. The topological polar surface area (TPSA) is 81.9 Å². The Labute approximate surface area is 84.4 Å². The molecule has 5 N–H and O–H groups in total. The van der Waals surface area contributed by atoms with Crippen LogP contribution in [0.25, 0.3) is 0 Å². The lowest BCUT2D eigenvalue weighted by atomic mass is 9.83. The number of nitrogens with two attached hydrogens (primary N) is 2. The van der Waals surface area contributed by atoms with E-state index in [1.807, 2.05) is 7.05 Å². The van der Waals surface area contributed by atoms with Crippen molar-refractivity contribution in [2.24, 2.45) is 18.3 Å². The second-order valence-corrected chi connectivity index (χ2v) is 4.57. The van der Waals surface area contributed by atoms with Crippen LogP contribution in [0, 0.1) is 5.41 Å². The zero-order valence-electron chi connectivity index (χ0n) is 9.20. The predicted octanol–water partition coefficient (Wildman–Crippen LogP) is 0.553. The number of anilines is 1. The van der Waals surface area contributed by atoms with Crippen LogP contribution in [0.1, 0.15) is 32.4 Å². The molecule has 14 heavy (non-hydrogen) atoms. The van der Waals surface area contributed by atoms with Gasteiger partial charge in [-0.25, -0.2) is 0 Å². The van der Waals surface area contributed by atoms with Crippen LogP contribution in [0.5, 0.6) is 0 Å². The molecule has 0 bridgehead atoms. The molecule has 0 aliphatic carbocycles. The minimum Gasteiger partial charge on any atom is -0.384 e. The first-order chi connectivity index (χ1) is 6.38. The fraction of sp³-hybridized carbons (Fsp3) is 0.667. The molecule has 1 aromatic heterocycles. The van der Waals surface area contributed by atoms with E-state index >= 15 is 0 Å². The van der Waals surface area contributed by atoms with E-state index in [0.717, 1.165) is 5.56 Å². The smallest absolute Gasteiger partial charge is 0.126 e. The maximum Gasteiger partial charge on any atom is 0.126 e. The Bertz CT molecular complexity index is 309. The molecule has 0 saturated carbocycles. The fourth-order valence-corrected chi connectivity index (χ4v) is 1.49. The van der Waals surface area contributed by atoms with Crippen LogP contribution in [-0.2, 0) is 7.05 Å². The molecular weight excluding hydrogens is 178 g/mol. The molecular formula is C9H19N5. The molecule has 1 rings (SSSR count). The first-order valence-corrected chi connectivity index (χ1v) is 4.61. The third-order valence-electron chi connectivity index (χ3n) is 2.36. The summed E-state index contributed by atoms with van der Waals surface area (Å²) in [5, 5.41) is 4.09. The lowest BCUT2D eigenvalue weighted by Gasteiger charge is -2.29. The maximum atomic E-state index is 5.88. The van der Waals surface area contributed by atoms with E-state index in [1.54, 1.807) is 10.9 Å². The van der Waals surface area contributed by atoms with E-state index in [1.165, 1.54) is 0 Å². The normalized spacial score (nSPS) is 14.4. The summed E-state index contributed by atoms with van der Waals surface area (Å²) in [4.78, 5) is 0. The van der Waals surface area contributed by atoms with Crippen LogP contribution in [-0.4, -0.2) is 9.78 Å². The molecule has 0 radical (unpaired) electrons. The number of hydrogen-bond acceptors (Lipinski definition) is 4. The Balaban J connectivity index is 3.08. The summed E-state index contributed by atoms with van der Waals surface area (Å²) in [6, 6.07) is 0.0104. The van der Waals surface area contributed by atoms with Crippen LogP contribution in [0.3, 0.4) is 0 Å². The number of aryl methyl sites for hydroxylation is 1. The van der Waals surface area contributed by atoms with Crippen molar-refractivity contribution in [3.05, 3.63) is 11.8 Å². The standard InChI is InChI=1S/C9H19N5/c1-9(2,3)7(13-11)6-5-12-14(4)8(6)10/h5,7,13H,10-11H2,1-4H3. The SMILES string of the molecule is Cn1ncc(C(NN)C(C)(C)C)c1N. The predicted molar refractivity (Wildman–Crippen MR) is 57.1 cm³/mol. The lowest BCUT2D eigenvalue weighted by molar-refractivity contribution is 0.276. The summed E-state index contributed by atoms with van der Waals surface area (Å²) in [5.74, 6) is 6.18. The van der Waals surface area contributed by atoms with E-state index in [2.05, 4.69) is 31.3 Å².